The van der Waals surface area contributed by atoms with Crippen molar-refractivity contribution in [3.63, 3.8) is 0 Å². The Bertz CT molecular complexity index is 1350. The molecule has 33 heavy (non-hydrogen) atoms. The number of carbonyl (C=O) groups is 1. The van der Waals surface area contributed by atoms with E-state index in [9.17, 15) is 18.0 Å². The van der Waals surface area contributed by atoms with Gasteiger partial charge in [-0.05, 0) is 57.0 Å². The van der Waals surface area contributed by atoms with E-state index in [1.54, 1.807) is 24.0 Å². The van der Waals surface area contributed by atoms with E-state index >= 15 is 0 Å². The van der Waals surface area contributed by atoms with Gasteiger partial charge in [-0.15, -0.1) is 4.80 Å². The molecular weight excluding hydrogens is 435 g/mol. The number of nitrogens with zero attached hydrogens (tertiary/aromatic N) is 6. The minimum atomic E-state index is -4.46. The van der Waals surface area contributed by atoms with Gasteiger partial charge in [0.25, 0.3) is 5.91 Å². The Kier molecular flexibility index (Phi) is 4.73. The summed E-state index contributed by atoms with van der Waals surface area (Å²) < 4.78 is 39.4. The highest BCUT2D eigenvalue weighted by Crippen LogP contribution is 2.40. The Balaban J connectivity index is 1.56. The number of carbonyl (C=O) groups excluding carboxylic acids is 1. The van der Waals surface area contributed by atoms with Gasteiger partial charge in [0.1, 0.15) is 11.5 Å². The molecule has 1 fully saturated rings. The molecule has 1 atom stereocenters. The van der Waals surface area contributed by atoms with Crippen LogP contribution in [0.5, 0.6) is 0 Å². The Morgan fingerprint density at radius 1 is 1.12 bits per heavy atom. The first kappa shape index (κ1) is 21.1. The van der Waals surface area contributed by atoms with Crippen LogP contribution >= 0.6 is 0 Å². The van der Waals surface area contributed by atoms with Gasteiger partial charge in [-0.1, -0.05) is 0 Å². The molecule has 1 N–H and O–H groups in total. The number of halogens is 3. The molecule has 0 saturated carbocycles. The minimum Gasteiger partial charge on any atom is -0.340 e. The molecule has 1 saturated heterocycles. The number of hydrogen-bond acceptors (Lipinski definition) is 5. The van der Waals surface area contributed by atoms with Crippen molar-refractivity contribution in [1.29, 1.82) is 0 Å². The van der Waals surface area contributed by atoms with Crippen molar-refractivity contribution in [2.45, 2.75) is 38.4 Å². The van der Waals surface area contributed by atoms with Crippen LogP contribution in [0.15, 0.2) is 42.7 Å². The lowest BCUT2D eigenvalue weighted by Crippen LogP contribution is -2.44. The van der Waals surface area contributed by atoms with Gasteiger partial charge in [-0.3, -0.25) is 4.79 Å². The second-order valence-electron chi connectivity index (χ2n) is 8.29. The highest BCUT2D eigenvalue weighted by Gasteiger charge is 2.45. The number of hydrogen-bond donors (Lipinski definition) is 1. The number of benzene rings is 1. The van der Waals surface area contributed by atoms with E-state index in [0.717, 1.165) is 12.1 Å². The molecule has 1 unspecified atom stereocenters. The molecule has 0 spiro atoms. The summed E-state index contributed by atoms with van der Waals surface area (Å²) in [5, 5.41) is 8.24. The Morgan fingerprint density at radius 3 is 2.61 bits per heavy atom. The SMILES string of the molecule is Cc1ccc(-n2nccn2)c(C(=O)N2CCCC2(C)c2nc3cc(C(F)(F)F)ccc3[nH]2)n1. The molecule has 0 aliphatic carbocycles. The van der Waals surface area contributed by atoms with E-state index in [1.165, 1.54) is 23.3 Å². The van der Waals surface area contributed by atoms with Gasteiger partial charge in [-0.2, -0.15) is 23.4 Å². The van der Waals surface area contributed by atoms with Gasteiger partial charge >= 0.3 is 6.18 Å². The number of aromatic amines is 1. The van der Waals surface area contributed by atoms with Gasteiger partial charge in [0.2, 0.25) is 0 Å². The fourth-order valence-corrected chi connectivity index (χ4v) is 4.31. The molecule has 8 nitrogen and oxygen atoms in total. The summed E-state index contributed by atoms with van der Waals surface area (Å²) in [6.07, 6.45) is -0.115. The normalized spacial score (nSPS) is 18.9. The minimum absolute atomic E-state index is 0.204. The van der Waals surface area contributed by atoms with Crippen LogP contribution in [0.1, 0.15) is 47.3 Å². The number of amides is 1. The van der Waals surface area contributed by atoms with Gasteiger partial charge < -0.3 is 9.88 Å². The fourth-order valence-electron chi connectivity index (χ4n) is 4.31. The van der Waals surface area contributed by atoms with Crippen LogP contribution in [0.3, 0.4) is 0 Å². The maximum Gasteiger partial charge on any atom is 0.416 e. The van der Waals surface area contributed by atoms with Crippen LogP contribution in [0.25, 0.3) is 16.7 Å². The third-order valence-corrected chi connectivity index (χ3v) is 6.06. The number of nitrogens with one attached hydrogen (secondary N) is 1. The Morgan fingerprint density at radius 2 is 1.88 bits per heavy atom. The number of alkyl halides is 3. The Hall–Kier alpha value is -3.76. The third-order valence-electron chi connectivity index (χ3n) is 6.06. The van der Waals surface area contributed by atoms with Gasteiger partial charge in [0.05, 0.1) is 34.5 Å². The molecule has 1 aliphatic heterocycles. The maximum absolute atomic E-state index is 13.7. The average Bonchev–Trinajstić information content (AvgIpc) is 3.52. The van der Waals surface area contributed by atoms with E-state index in [4.69, 9.17) is 0 Å². The number of aryl methyl sites for hydroxylation is 1. The summed E-state index contributed by atoms with van der Waals surface area (Å²) in [6, 6.07) is 6.91. The first-order valence-corrected chi connectivity index (χ1v) is 10.4. The van der Waals surface area contributed by atoms with Crippen molar-refractivity contribution in [3.05, 3.63) is 65.5 Å². The highest BCUT2D eigenvalue weighted by atomic mass is 19.4. The van der Waals surface area contributed by atoms with Crippen molar-refractivity contribution in [2.75, 3.05) is 6.54 Å². The molecule has 0 bridgehead atoms. The maximum atomic E-state index is 13.7. The Labute approximate surface area is 186 Å². The van der Waals surface area contributed by atoms with Crippen LogP contribution < -0.4 is 0 Å². The van der Waals surface area contributed by atoms with Gasteiger partial charge in [0, 0.05) is 12.2 Å². The second-order valence-corrected chi connectivity index (χ2v) is 8.29. The first-order valence-electron chi connectivity index (χ1n) is 10.4. The first-order chi connectivity index (χ1) is 15.7. The van der Waals surface area contributed by atoms with Gasteiger partial charge in [0.15, 0.2) is 5.69 Å². The zero-order chi connectivity index (χ0) is 23.4. The third kappa shape index (κ3) is 3.53. The van der Waals surface area contributed by atoms with Crippen molar-refractivity contribution >= 4 is 16.9 Å². The predicted molar refractivity (Wildman–Crippen MR) is 113 cm³/mol. The fraction of sp³-hybridized carbons (Fsp3) is 0.318. The molecule has 170 valence electrons. The number of fused-ring (bicyclic) bond motifs is 1. The number of H-pyrrole nitrogens is 1. The number of aromatic nitrogens is 6. The molecule has 4 heterocycles. The summed E-state index contributed by atoms with van der Waals surface area (Å²) >= 11 is 0. The predicted octanol–water partition coefficient (Wildman–Crippen LogP) is 4.02. The van der Waals surface area contributed by atoms with E-state index in [0.29, 0.717) is 42.1 Å². The molecule has 0 radical (unpaired) electrons. The van der Waals surface area contributed by atoms with E-state index in [2.05, 4.69) is 25.1 Å². The lowest BCUT2D eigenvalue weighted by Gasteiger charge is -2.33. The van der Waals surface area contributed by atoms with Crippen molar-refractivity contribution in [1.82, 2.24) is 34.8 Å². The highest BCUT2D eigenvalue weighted by molar-refractivity contribution is 5.96. The van der Waals surface area contributed by atoms with Crippen LogP contribution in [0, 0.1) is 6.92 Å². The van der Waals surface area contributed by atoms with Crippen LogP contribution in [-0.4, -0.2) is 47.3 Å². The van der Waals surface area contributed by atoms with Crippen molar-refractivity contribution in [3.8, 4) is 5.69 Å². The number of rotatable bonds is 3. The monoisotopic (exact) mass is 455 g/mol. The van der Waals surface area contributed by atoms with E-state index in [1.807, 2.05) is 6.92 Å². The molecule has 4 aromatic rings. The lowest BCUT2D eigenvalue weighted by atomic mass is 9.97. The quantitative estimate of drug-likeness (QED) is 0.504. The number of pyridine rings is 1. The standard InChI is InChI=1S/C22H20F3N7O/c1-13-4-7-17(32-26-9-10-27-32)18(28-13)19(33)31-11-3-8-21(31,2)20-29-15-6-5-14(22(23,24)25)12-16(15)30-20/h4-7,9-10,12H,3,8,11H2,1-2H3,(H,29,30). The molecule has 1 aromatic carbocycles. The van der Waals surface area contributed by atoms with Crippen molar-refractivity contribution < 1.29 is 18.0 Å². The molecule has 1 amide bonds. The molecule has 11 heteroatoms. The summed E-state index contributed by atoms with van der Waals surface area (Å²) in [6.45, 7) is 4.11. The molecule has 5 rings (SSSR count). The number of imidazole rings is 1. The molecule has 1 aliphatic rings. The summed E-state index contributed by atoms with van der Waals surface area (Å²) in [5.41, 5.74) is 0.397. The van der Waals surface area contributed by atoms with Crippen LogP contribution in [0.4, 0.5) is 13.2 Å². The van der Waals surface area contributed by atoms with Gasteiger partial charge in [-0.25, -0.2) is 9.97 Å². The van der Waals surface area contributed by atoms with Crippen molar-refractivity contribution in [2.24, 2.45) is 0 Å². The average molecular weight is 455 g/mol. The zero-order valence-corrected chi connectivity index (χ0v) is 17.9. The lowest BCUT2D eigenvalue weighted by molar-refractivity contribution is -0.137. The molecular formula is C22H20F3N7O. The van der Waals surface area contributed by atoms with E-state index < -0.39 is 17.3 Å². The van der Waals surface area contributed by atoms with Crippen LogP contribution in [0.2, 0.25) is 0 Å². The smallest absolute Gasteiger partial charge is 0.340 e. The largest absolute Gasteiger partial charge is 0.416 e. The van der Waals surface area contributed by atoms with Crippen LogP contribution in [-0.2, 0) is 11.7 Å². The molecule has 3 aromatic heterocycles. The van der Waals surface area contributed by atoms with E-state index in [-0.39, 0.29) is 17.1 Å². The number of likely N-dealkylation sites (tertiary alicyclic amines) is 1. The zero-order valence-electron chi connectivity index (χ0n) is 17.9. The summed E-state index contributed by atoms with van der Waals surface area (Å²) in [4.78, 5) is 28.8. The summed E-state index contributed by atoms with van der Waals surface area (Å²) in [7, 11) is 0. The topological polar surface area (TPSA) is 92.6 Å². The second kappa shape index (κ2) is 7.39. The summed E-state index contributed by atoms with van der Waals surface area (Å²) in [5.74, 6) is 0.122.